The van der Waals surface area contributed by atoms with Gasteiger partial charge in [-0.3, -0.25) is 14.4 Å². The van der Waals surface area contributed by atoms with Gasteiger partial charge in [0.1, 0.15) is 41.1 Å². The molecule has 0 radical (unpaired) electrons. The molecule has 17 heteroatoms. The highest BCUT2D eigenvalue weighted by atomic mass is 32.1. The first-order chi connectivity index (χ1) is 27.6. The average Bonchev–Trinajstić information content (AvgIpc) is 3.86. The summed E-state index contributed by atoms with van der Waals surface area (Å²) in [6, 6.07) is 1.14. The Hall–Kier alpha value is -4.77. The predicted molar refractivity (Wildman–Crippen MR) is 226 cm³/mol. The molecule has 2 aliphatic heterocycles. The van der Waals surface area contributed by atoms with Gasteiger partial charge in [-0.1, -0.05) is 53.7 Å². The maximum absolute atomic E-state index is 14.1. The molecular weight excluding hydrogens is 793 g/mol. The zero-order valence-electron chi connectivity index (χ0n) is 37.3. The van der Waals surface area contributed by atoms with Gasteiger partial charge >= 0.3 is 18.2 Å². The van der Waals surface area contributed by atoms with Crippen LogP contribution in [0.25, 0.3) is 10.4 Å². The lowest BCUT2D eigenvalue weighted by molar-refractivity contribution is -0.148. The second kappa shape index (κ2) is 18.5. The fraction of sp³-hybridized carbons (Fsp3) is 0.651. The SMILES string of the molecule is Cc1ncsc1-c1ccc(CNC(=O)[C@@H]2C[C@@H](O)CN2C(=O)[C@@H](NC(=O)OC(C)(C)C)C(C)(C)C)c(OC(=O)[C@@H]2CCCN2C(=O)C(NC(=O)OC(C)(C)C)C(C)(C)C)c1. The number of ether oxygens (including phenoxy) is 3. The van der Waals surface area contributed by atoms with E-state index in [1.807, 2.05) is 33.8 Å². The van der Waals surface area contributed by atoms with Crippen molar-refractivity contribution < 1.29 is 48.1 Å². The van der Waals surface area contributed by atoms with E-state index in [1.54, 1.807) is 80.0 Å². The van der Waals surface area contributed by atoms with E-state index in [-0.39, 0.29) is 31.8 Å². The summed E-state index contributed by atoms with van der Waals surface area (Å²) in [5, 5.41) is 18.9. The molecule has 1 unspecified atom stereocenters. The summed E-state index contributed by atoms with van der Waals surface area (Å²) in [7, 11) is 0. The van der Waals surface area contributed by atoms with E-state index in [0.29, 0.717) is 18.4 Å². The van der Waals surface area contributed by atoms with Crippen molar-refractivity contribution >= 4 is 47.2 Å². The van der Waals surface area contributed by atoms with Crippen LogP contribution in [0.4, 0.5) is 9.59 Å². The molecular formula is C43H64N6O10S. The van der Waals surface area contributed by atoms with Crippen molar-refractivity contribution in [3.05, 3.63) is 35.0 Å². The molecule has 0 spiro atoms. The molecule has 60 heavy (non-hydrogen) atoms. The zero-order valence-corrected chi connectivity index (χ0v) is 38.1. The molecule has 2 fully saturated rings. The Morgan fingerprint density at radius 3 is 1.88 bits per heavy atom. The van der Waals surface area contributed by atoms with Gasteiger partial charge in [0.15, 0.2) is 0 Å². The number of aliphatic hydroxyl groups excluding tert-OH is 1. The van der Waals surface area contributed by atoms with E-state index in [1.165, 1.54) is 21.1 Å². The Labute approximate surface area is 357 Å². The van der Waals surface area contributed by atoms with Crippen LogP contribution >= 0.6 is 11.3 Å². The van der Waals surface area contributed by atoms with E-state index in [9.17, 15) is 33.9 Å². The third-order valence-corrected chi connectivity index (χ3v) is 10.9. The first-order valence-electron chi connectivity index (χ1n) is 20.4. The lowest BCUT2D eigenvalue weighted by Crippen LogP contribution is -2.58. The molecule has 5 amide bonds. The van der Waals surface area contributed by atoms with E-state index in [2.05, 4.69) is 20.9 Å². The van der Waals surface area contributed by atoms with Crippen LogP contribution in [0.3, 0.4) is 0 Å². The van der Waals surface area contributed by atoms with Crippen LogP contribution in [0, 0.1) is 17.8 Å². The highest BCUT2D eigenvalue weighted by molar-refractivity contribution is 7.13. The molecule has 1 aromatic carbocycles. The van der Waals surface area contributed by atoms with Gasteiger partial charge in [0.2, 0.25) is 17.7 Å². The van der Waals surface area contributed by atoms with Crippen molar-refractivity contribution in [2.45, 2.75) is 157 Å². The number of esters is 1. The number of hydrogen-bond donors (Lipinski definition) is 4. The van der Waals surface area contributed by atoms with Crippen LogP contribution in [-0.4, -0.2) is 110 Å². The van der Waals surface area contributed by atoms with Crippen LogP contribution in [-0.2, 0) is 35.2 Å². The monoisotopic (exact) mass is 856 g/mol. The number of aliphatic hydroxyl groups is 1. The van der Waals surface area contributed by atoms with E-state index in [4.69, 9.17) is 14.2 Å². The third-order valence-electron chi connectivity index (χ3n) is 9.96. The lowest BCUT2D eigenvalue weighted by atomic mass is 9.85. The minimum Gasteiger partial charge on any atom is -0.444 e. The molecule has 1 aromatic heterocycles. The van der Waals surface area contributed by atoms with Crippen LogP contribution < -0.4 is 20.7 Å². The number of alkyl carbamates (subject to hydrolysis) is 2. The van der Waals surface area contributed by atoms with Crippen molar-refractivity contribution in [1.29, 1.82) is 0 Å². The fourth-order valence-corrected chi connectivity index (χ4v) is 7.86. The molecule has 2 saturated heterocycles. The topological polar surface area (TPSA) is 206 Å². The van der Waals surface area contributed by atoms with Gasteiger partial charge in [0, 0.05) is 31.6 Å². The third kappa shape index (κ3) is 12.6. The number of aromatic nitrogens is 1. The molecule has 4 rings (SSSR count). The minimum atomic E-state index is -1.07. The van der Waals surface area contributed by atoms with Gasteiger partial charge in [-0.2, -0.15) is 0 Å². The number of rotatable bonds is 10. The van der Waals surface area contributed by atoms with Crippen LogP contribution in [0.15, 0.2) is 23.7 Å². The van der Waals surface area contributed by atoms with Crippen LogP contribution in [0.2, 0.25) is 0 Å². The molecule has 3 heterocycles. The van der Waals surface area contributed by atoms with E-state index in [0.717, 1.165) is 16.1 Å². The lowest BCUT2D eigenvalue weighted by Gasteiger charge is -2.35. The number of thiazole rings is 1. The number of β-amino-alcohol motifs (C(OH)–C–C–N with tert-alkyl or cyclic N) is 1. The van der Waals surface area contributed by atoms with Crippen molar-refractivity contribution in [1.82, 2.24) is 30.7 Å². The predicted octanol–water partition coefficient (Wildman–Crippen LogP) is 5.47. The molecule has 332 valence electrons. The molecule has 0 aliphatic carbocycles. The summed E-state index contributed by atoms with van der Waals surface area (Å²) in [5.41, 5.74) is 0.545. The maximum Gasteiger partial charge on any atom is 0.408 e. The van der Waals surface area contributed by atoms with Crippen LogP contribution in [0.1, 0.15) is 114 Å². The molecule has 16 nitrogen and oxygen atoms in total. The van der Waals surface area contributed by atoms with Crippen molar-refractivity contribution in [3.8, 4) is 16.2 Å². The fourth-order valence-electron chi connectivity index (χ4n) is 7.05. The summed E-state index contributed by atoms with van der Waals surface area (Å²) in [4.78, 5) is 89.6. The highest BCUT2D eigenvalue weighted by Gasteiger charge is 2.46. The van der Waals surface area contributed by atoms with Crippen molar-refractivity contribution in [2.24, 2.45) is 10.8 Å². The number of hydrogen-bond acceptors (Lipinski definition) is 12. The Bertz CT molecular complexity index is 1920. The zero-order chi connectivity index (χ0) is 45.1. The molecule has 4 N–H and O–H groups in total. The van der Waals surface area contributed by atoms with Gasteiger partial charge in [-0.05, 0) is 83.8 Å². The first kappa shape index (κ1) is 47.9. The second-order valence-electron chi connectivity index (χ2n) is 19.7. The number of carbonyl (C=O) groups excluding carboxylic acids is 6. The van der Waals surface area contributed by atoms with Gasteiger partial charge in [0.05, 0.1) is 22.2 Å². The van der Waals surface area contributed by atoms with Crippen molar-refractivity contribution in [2.75, 3.05) is 13.1 Å². The van der Waals surface area contributed by atoms with E-state index >= 15 is 0 Å². The smallest absolute Gasteiger partial charge is 0.408 e. The highest BCUT2D eigenvalue weighted by Crippen LogP contribution is 2.34. The van der Waals surface area contributed by atoms with E-state index < -0.39 is 88.2 Å². The number of aryl methyl sites for hydroxylation is 1. The van der Waals surface area contributed by atoms with Gasteiger partial charge in [-0.15, -0.1) is 11.3 Å². The van der Waals surface area contributed by atoms with Crippen LogP contribution in [0.5, 0.6) is 5.75 Å². The Morgan fingerprint density at radius 1 is 0.833 bits per heavy atom. The summed E-state index contributed by atoms with van der Waals surface area (Å²) in [6.07, 6.45) is -1.69. The number of likely N-dealkylation sites (tertiary alicyclic amines) is 2. The Kier molecular flexibility index (Phi) is 14.7. The minimum absolute atomic E-state index is 0.0316. The average molecular weight is 857 g/mol. The van der Waals surface area contributed by atoms with Crippen molar-refractivity contribution in [3.63, 3.8) is 0 Å². The molecule has 5 atom stereocenters. The quantitative estimate of drug-likeness (QED) is 0.174. The largest absolute Gasteiger partial charge is 0.444 e. The normalized spacial score (nSPS) is 19.6. The molecule has 0 bridgehead atoms. The second-order valence-corrected chi connectivity index (χ2v) is 20.6. The number of benzene rings is 1. The summed E-state index contributed by atoms with van der Waals surface area (Å²) < 4.78 is 17.0. The summed E-state index contributed by atoms with van der Waals surface area (Å²) in [6.45, 7) is 23.0. The van der Waals surface area contributed by atoms with Gasteiger partial charge < -0.3 is 45.1 Å². The number of nitrogens with one attached hydrogen (secondary N) is 3. The molecule has 0 saturated carbocycles. The van der Waals surface area contributed by atoms with Gasteiger partial charge in [0.25, 0.3) is 0 Å². The van der Waals surface area contributed by atoms with Gasteiger partial charge in [-0.25, -0.2) is 19.4 Å². The molecule has 2 aromatic rings. The summed E-state index contributed by atoms with van der Waals surface area (Å²) in [5.74, 6) is -2.07. The Balaban J connectivity index is 1.57. The number of carbonyl (C=O) groups is 6. The Morgan fingerprint density at radius 2 is 1.38 bits per heavy atom. The first-order valence-corrected chi connectivity index (χ1v) is 21.2. The standard InChI is InChI=1S/C43H64N6O10S/c1-24-31(60-23-45-24)25-16-17-26(21-44-34(51)29-20-27(50)22-49(29)36(53)33(41(5,6)7)47-39(56)59-43(11,12)13)30(19-25)57-37(54)28-15-14-18-48(28)35(52)32(40(2,3)4)46-38(55)58-42(8,9)10/h16-17,19,23,27-29,32-33,50H,14-15,18,20-22H2,1-13H3,(H,44,51)(H,46,55)(H,47,56)/t27-,28+,29+,32?,33-/m1/s1. The number of nitrogens with zero attached hydrogens (tertiary/aromatic N) is 3. The summed E-state index contributed by atoms with van der Waals surface area (Å²) >= 11 is 1.41. The molecule has 2 aliphatic rings. The maximum atomic E-state index is 14.1. The number of amides is 5.